The first-order valence-corrected chi connectivity index (χ1v) is 9.01. The summed E-state index contributed by atoms with van der Waals surface area (Å²) in [5.41, 5.74) is 0.940. The molecule has 0 saturated carbocycles. The van der Waals surface area contributed by atoms with Crippen LogP contribution >= 0.6 is 15.9 Å². The van der Waals surface area contributed by atoms with Gasteiger partial charge in [0.1, 0.15) is 0 Å². The summed E-state index contributed by atoms with van der Waals surface area (Å²) in [5, 5.41) is 4.81. The summed E-state index contributed by atoms with van der Waals surface area (Å²) in [6, 6.07) is 5.38. The highest BCUT2D eigenvalue weighted by molar-refractivity contribution is 9.10. The number of hydrogen-bond acceptors (Lipinski definition) is 4. The molecule has 1 aliphatic heterocycles. The molecule has 5 nitrogen and oxygen atoms in total. The third-order valence-electron chi connectivity index (χ3n) is 3.27. The second-order valence-corrected chi connectivity index (χ2v) is 7.42. The number of nitrogens with zero attached hydrogens (tertiary/aromatic N) is 1. The van der Waals surface area contributed by atoms with E-state index in [1.54, 1.807) is 17.1 Å². The van der Waals surface area contributed by atoms with E-state index in [1.165, 1.54) is 6.42 Å². The van der Waals surface area contributed by atoms with Crippen LogP contribution in [-0.2, 0) is 16.6 Å². The quantitative estimate of drug-likeness (QED) is 0.839. The molecule has 0 bridgehead atoms. The van der Waals surface area contributed by atoms with Gasteiger partial charge in [-0.3, -0.25) is 0 Å². The number of rotatable bonds is 5. The standard InChI is InChI=1S/C13H20BrN3O2S/c1-15-10-11-5-6-12(14)13(9-11)20(18,19)16-17-7-3-2-4-8-17/h5-6,9,15-16H,2-4,7-8,10H2,1H3. The molecular formula is C13H20BrN3O2S. The topological polar surface area (TPSA) is 61.4 Å². The van der Waals surface area contributed by atoms with Crippen LogP contribution in [0, 0.1) is 0 Å². The molecule has 1 aromatic rings. The van der Waals surface area contributed by atoms with Crippen molar-refractivity contribution in [1.29, 1.82) is 0 Å². The largest absolute Gasteiger partial charge is 0.316 e. The van der Waals surface area contributed by atoms with E-state index >= 15 is 0 Å². The van der Waals surface area contributed by atoms with Crippen molar-refractivity contribution < 1.29 is 8.42 Å². The van der Waals surface area contributed by atoms with Crippen molar-refractivity contribution in [3.05, 3.63) is 28.2 Å². The van der Waals surface area contributed by atoms with Crippen molar-refractivity contribution in [2.24, 2.45) is 0 Å². The fraction of sp³-hybridized carbons (Fsp3) is 0.538. The lowest BCUT2D eigenvalue weighted by molar-refractivity contribution is 0.200. The second kappa shape index (κ2) is 7.00. The van der Waals surface area contributed by atoms with Crippen LogP contribution in [0.2, 0.25) is 0 Å². The van der Waals surface area contributed by atoms with Gasteiger partial charge in [-0.25, -0.2) is 13.4 Å². The van der Waals surface area contributed by atoms with E-state index in [-0.39, 0.29) is 4.90 Å². The highest BCUT2D eigenvalue weighted by Crippen LogP contribution is 2.23. The number of sulfonamides is 1. The zero-order valence-electron chi connectivity index (χ0n) is 11.5. The summed E-state index contributed by atoms with van der Waals surface area (Å²) < 4.78 is 25.5. The number of hydrogen-bond donors (Lipinski definition) is 2. The predicted octanol–water partition coefficient (Wildman–Crippen LogP) is 1.85. The first-order chi connectivity index (χ1) is 9.53. The predicted molar refractivity (Wildman–Crippen MR) is 82.7 cm³/mol. The molecule has 112 valence electrons. The van der Waals surface area contributed by atoms with Gasteiger partial charge < -0.3 is 5.32 Å². The SMILES string of the molecule is CNCc1ccc(Br)c(S(=O)(=O)NN2CCCCC2)c1. The minimum atomic E-state index is -3.53. The molecule has 2 rings (SSSR count). The zero-order valence-corrected chi connectivity index (χ0v) is 13.9. The molecule has 0 radical (unpaired) electrons. The smallest absolute Gasteiger partial charge is 0.254 e. The van der Waals surface area contributed by atoms with Gasteiger partial charge in [0, 0.05) is 24.1 Å². The summed E-state index contributed by atoms with van der Waals surface area (Å²) >= 11 is 3.32. The summed E-state index contributed by atoms with van der Waals surface area (Å²) in [6.45, 7) is 2.18. The average Bonchev–Trinajstić information content (AvgIpc) is 2.42. The molecule has 0 atom stereocenters. The first kappa shape index (κ1) is 15.9. The number of benzene rings is 1. The average molecular weight is 362 g/mol. The van der Waals surface area contributed by atoms with Crippen molar-refractivity contribution in [1.82, 2.24) is 15.2 Å². The van der Waals surface area contributed by atoms with Crippen LogP contribution in [-0.4, -0.2) is 33.6 Å². The number of nitrogens with one attached hydrogen (secondary N) is 2. The molecule has 7 heteroatoms. The van der Waals surface area contributed by atoms with Crippen LogP contribution < -0.4 is 10.1 Å². The normalized spacial score (nSPS) is 17.3. The van der Waals surface area contributed by atoms with Gasteiger partial charge in [0.05, 0.1) is 4.90 Å². The molecule has 1 fully saturated rings. The van der Waals surface area contributed by atoms with Gasteiger partial charge >= 0.3 is 0 Å². The lowest BCUT2D eigenvalue weighted by Crippen LogP contribution is -2.45. The Balaban J connectivity index is 2.21. The van der Waals surface area contributed by atoms with Gasteiger partial charge in [0.15, 0.2) is 0 Å². The fourth-order valence-electron chi connectivity index (χ4n) is 2.27. The van der Waals surface area contributed by atoms with Crippen molar-refractivity contribution in [3.63, 3.8) is 0 Å². The van der Waals surface area contributed by atoms with E-state index < -0.39 is 10.0 Å². The molecule has 0 amide bonds. The third-order valence-corrected chi connectivity index (χ3v) is 5.64. The maximum absolute atomic E-state index is 12.5. The van der Waals surface area contributed by atoms with Crippen LogP contribution in [0.5, 0.6) is 0 Å². The van der Waals surface area contributed by atoms with Crippen LogP contribution in [0.4, 0.5) is 0 Å². The van der Waals surface area contributed by atoms with Gasteiger partial charge in [0.2, 0.25) is 0 Å². The van der Waals surface area contributed by atoms with Crippen LogP contribution in [0.3, 0.4) is 0 Å². The lowest BCUT2D eigenvalue weighted by Gasteiger charge is -2.26. The molecule has 0 unspecified atom stereocenters. The summed E-state index contributed by atoms with van der Waals surface area (Å²) in [4.78, 5) is 2.96. The van der Waals surface area contributed by atoms with E-state index in [1.807, 2.05) is 13.1 Å². The molecule has 1 heterocycles. The van der Waals surface area contributed by atoms with E-state index in [0.717, 1.165) is 31.5 Å². The molecule has 1 aliphatic rings. The zero-order chi connectivity index (χ0) is 14.6. The Morgan fingerprint density at radius 3 is 2.60 bits per heavy atom. The monoisotopic (exact) mass is 361 g/mol. The van der Waals surface area contributed by atoms with E-state index in [2.05, 4.69) is 26.1 Å². The minimum absolute atomic E-state index is 0.288. The summed E-state index contributed by atoms with van der Waals surface area (Å²) in [6.07, 6.45) is 3.23. The summed E-state index contributed by atoms with van der Waals surface area (Å²) in [5.74, 6) is 0. The molecule has 0 aliphatic carbocycles. The maximum Gasteiger partial charge on any atom is 0.254 e. The Labute approximate surface area is 128 Å². The molecular weight excluding hydrogens is 342 g/mol. The lowest BCUT2D eigenvalue weighted by atomic mass is 10.2. The Hall–Kier alpha value is -0.470. The van der Waals surface area contributed by atoms with Crippen molar-refractivity contribution >= 4 is 26.0 Å². The second-order valence-electron chi connectivity index (χ2n) is 4.94. The van der Waals surface area contributed by atoms with Crippen LogP contribution in [0.25, 0.3) is 0 Å². The van der Waals surface area contributed by atoms with Gasteiger partial charge in [0.25, 0.3) is 10.0 Å². The minimum Gasteiger partial charge on any atom is -0.316 e. The molecule has 1 saturated heterocycles. The third kappa shape index (κ3) is 4.02. The van der Waals surface area contributed by atoms with Gasteiger partial charge in [-0.15, -0.1) is 4.83 Å². The highest BCUT2D eigenvalue weighted by Gasteiger charge is 2.22. The Morgan fingerprint density at radius 1 is 1.25 bits per heavy atom. The van der Waals surface area contributed by atoms with E-state index in [0.29, 0.717) is 11.0 Å². The van der Waals surface area contributed by atoms with Gasteiger partial charge in [-0.2, -0.15) is 0 Å². The Morgan fingerprint density at radius 2 is 1.95 bits per heavy atom. The molecule has 0 aromatic heterocycles. The van der Waals surface area contributed by atoms with Crippen molar-refractivity contribution in [2.75, 3.05) is 20.1 Å². The van der Waals surface area contributed by atoms with Crippen molar-refractivity contribution in [2.45, 2.75) is 30.7 Å². The van der Waals surface area contributed by atoms with Crippen molar-refractivity contribution in [3.8, 4) is 0 Å². The Bertz CT molecular complexity index is 557. The highest BCUT2D eigenvalue weighted by atomic mass is 79.9. The number of halogens is 1. The molecule has 20 heavy (non-hydrogen) atoms. The number of piperidine rings is 1. The molecule has 0 spiro atoms. The molecule has 1 aromatic carbocycles. The fourth-order valence-corrected chi connectivity index (χ4v) is 4.41. The van der Waals surface area contributed by atoms with Crippen LogP contribution in [0.15, 0.2) is 27.6 Å². The van der Waals surface area contributed by atoms with Gasteiger partial charge in [-0.05, 0) is 53.5 Å². The first-order valence-electron chi connectivity index (χ1n) is 6.73. The molecule has 2 N–H and O–H groups in total. The maximum atomic E-state index is 12.5. The van der Waals surface area contributed by atoms with Gasteiger partial charge in [-0.1, -0.05) is 12.5 Å². The Kier molecular flexibility index (Phi) is 5.57. The summed E-state index contributed by atoms with van der Waals surface area (Å²) in [7, 11) is -1.69. The van der Waals surface area contributed by atoms with Crippen LogP contribution in [0.1, 0.15) is 24.8 Å². The number of hydrazine groups is 1. The van der Waals surface area contributed by atoms with E-state index in [9.17, 15) is 8.42 Å². The van der Waals surface area contributed by atoms with E-state index in [4.69, 9.17) is 0 Å².